The average molecular weight is 318 g/mol. The van der Waals surface area contributed by atoms with Crippen molar-refractivity contribution in [3.05, 3.63) is 66.2 Å². The van der Waals surface area contributed by atoms with Gasteiger partial charge in [0.05, 0.1) is 0 Å². The number of aryl methyl sites for hydroxylation is 1. The first-order valence-electron chi connectivity index (χ1n) is 7.72. The van der Waals surface area contributed by atoms with Gasteiger partial charge in [-0.05, 0) is 34.0 Å². The van der Waals surface area contributed by atoms with Crippen molar-refractivity contribution in [2.24, 2.45) is 0 Å². The lowest BCUT2D eigenvalue weighted by atomic mass is 9.93. The smallest absolute Gasteiger partial charge is 0.300 e. The number of aromatic hydroxyl groups is 1. The predicted octanol–water partition coefficient (Wildman–Crippen LogP) is 5.25. The Labute approximate surface area is 139 Å². The first-order chi connectivity index (χ1) is 11.5. The van der Waals surface area contributed by atoms with Crippen LogP contribution in [0.1, 0.15) is 12.5 Å². The number of carbonyl (C=O) groups is 1. The van der Waals surface area contributed by atoms with Gasteiger partial charge in [-0.15, -0.1) is 0 Å². The highest BCUT2D eigenvalue weighted by Crippen LogP contribution is 2.40. The third kappa shape index (κ3) is 2.65. The lowest BCUT2D eigenvalue weighted by Gasteiger charge is -2.12. The molecule has 0 atom stereocenters. The quantitative estimate of drug-likeness (QED) is 0.344. The number of carboxylic acid groups (broad SMARTS) is 1. The van der Waals surface area contributed by atoms with Gasteiger partial charge >= 0.3 is 0 Å². The number of carboxylic acids is 1. The molecule has 4 aromatic rings. The summed E-state index contributed by atoms with van der Waals surface area (Å²) in [6, 6.07) is 20.5. The van der Waals surface area contributed by atoms with E-state index in [9.17, 15) is 5.11 Å². The van der Waals surface area contributed by atoms with Crippen molar-refractivity contribution in [1.29, 1.82) is 0 Å². The van der Waals surface area contributed by atoms with E-state index in [4.69, 9.17) is 9.90 Å². The van der Waals surface area contributed by atoms with Gasteiger partial charge in [-0.2, -0.15) is 0 Å². The summed E-state index contributed by atoms with van der Waals surface area (Å²) in [6.07, 6.45) is 0. The minimum Gasteiger partial charge on any atom is -0.507 e. The van der Waals surface area contributed by atoms with Crippen LogP contribution in [0, 0.1) is 6.92 Å². The molecule has 0 aliphatic carbocycles. The number of rotatable bonds is 0. The lowest BCUT2D eigenvalue weighted by molar-refractivity contribution is -0.134. The zero-order valence-electron chi connectivity index (χ0n) is 13.6. The van der Waals surface area contributed by atoms with E-state index >= 15 is 0 Å². The molecule has 0 fully saturated rings. The summed E-state index contributed by atoms with van der Waals surface area (Å²) in [7, 11) is 0. The summed E-state index contributed by atoms with van der Waals surface area (Å²) in [5.74, 6) is -0.446. The Hall–Kier alpha value is -3.07. The summed E-state index contributed by atoms with van der Waals surface area (Å²) < 4.78 is 0. The molecule has 0 aliphatic rings. The predicted molar refractivity (Wildman–Crippen MR) is 98.7 cm³/mol. The van der Waals surface area contributed by atoms with Crippen LogP contribution in [0.4, 0.5) is 0 Å². The molecule has 120 valence electrons. The van der Waals surface area contributed by atoms with E-state index in [1.54, 1.807) is 0 Å². The maximum Gasteiger partial charge on any atom is 0.300 e. The van der Waals surface area contributed by atoms with E-state index in [2.05, 4.69) is 37.3 Å². The number of phenols is 1. The Morgan fingerprint density at radius 3 is 2.00 bits per heavy atom. The zero-order valence-corrected chi connectivity index (χ0v) is 13.6. The lowest BCUT2D eigenvalue weighted by Crippen LogP contribution is -1.86. The first kappa shape index (κ1) is 15.8. The van der Waals surface area contributed by atoms with Gasteiger partial charge in [0.15, 0.2) is 0 Å². The van der Waals surface area contributed by atoms with Gasteiger partial charge in [0.25, 0.3) is 5.97 Å². The van der Waals surface area contributed by atoms with E-state index in [1.807, 2.05) is 30.3 Å². The van der Waals surface area contributed by atoms with Crippen LogP contribution in [0.25, 0.3) is 32.3 Å². The number of fused-ring (bicyclic) bond motifs is 4. The van der Waals surface area contributed by atoms with E-state index in [0.29, 0.717) is 5.75 Å². The highest BCUT2D eigenvalue weighted by Gasteiger charge is 2.12. The normalized spacial score (nSPS) is 10.6. The van der Waals surface area contributed by atoms with Gasteiger partial charge < -0.3 is 10.2 Å². The molecule has 4 rings (SSSR count). The molecule has 0 radical (unpaired) electrons. The highest BCUT2D eigenvalue weighted by molar-refractivity contribution is 6.18. The third-order valence-electron chi connectivity index (χ3n) is 4.16. The second-order valence-corrected chi connectivity index (χ2v) is 5.75. The molecule has 3 heteroatoms. The number of aliphatic carboxylic acids is 1. The van der Waals surface area contributed by atoms with Crippen molar-refractivity contribution < 1.29 is 15.0 Å². The zero-order chi connectivity index (χ0) is 17.3. The van der Waals surface area contributed by atoms with Crippen LogP contribution in [-0.2, 0) is 4.79 Å². The van der Waals surface area contributed by atoms with Crippen LogP contribution in [0.3, 0.4) is 0 Å². The second-order valence-electron chi connectivity index (χ2n) is 5.75. The molecule has 0 saturated carbocycles. The van der Waals surface area contributed by atoms with Gasteiger partial charge in [-0.25, -0.2) is 0 Å². The molecule has 24 heavy (non-hydrogen) atoms. The number of hydrogen-bond acceptors (Lipinski definition) is 2. The van der Waals surface area contributed by atoms with E-state index in [-0.39, 0.29) is 0 Å². The largest absolute Gasteiger partial charge is 0.507 e. The summed E-state index contributed by atoms with van der Waals surface area (Å²) in [6.45, 7) is 3.21. The Balaban J connectivity index is 0.000000383. The molecule has 0 bridgehead atoms. The molecular weight excluding hydrogens is 300 g/mol. The van der Waals surface area contributed by atoms with Crippen LogP contribution < -0.4 is 0 Å². The maximum absolute atomic E-state index is 10.7. The monoisotopic (exact) mass is 318 g/mol. The van der Waals surface area contributed by atoms with E-state index < -0.39 is 5.97 Å². The van der Waals surface area contributed by atoms with Gasteiger partial charge in [0.1, 0.15) is 5.75 Å². The molecular formula is C21H18O3. The minimum absolute atomic E-state index is 0.387. The molecule has 0 aliphatic heterocycles. The molecule has 0 amide bonds. The van der Waals surface area contributed by atoms with Crippen LogP contribution in [0.15, 0.2) is 60.7 Å². The fourth-order valence-electron chi connectivity index (χ4n) is 3.14. The molecule has 0 spiro atoms. The van der Waals surface area contributed by atoms with Gasteiger partial charge in [0.2, 0.25) is 0 Å². The summed E-state index contributed by atoms with van der Waals surface area (Å²) in [5.41, 5.74) is 1.22. The van der Waals surface area contributed by atoms with Gasteiger partial charge in [0, 0.05) is 17.7 Å². The fourth-order valence-corrected chi connectivity index (χ4v) is 3.14. The molecule has 0 heterocycles. The summed E-state index contributed by atoms with van der Waals surface area (Å²) >= 11 is 0. The molecule has 3 nitrogen and oxygen atoms in total. The molecule has 0 aromatic heterocycles. The SMILES string of the molecule is CC(=O)O.Cc1c2ccccc2c(O)c2c1ccc1ccccc12. The van der Waals surface area contributed by atoms with Crippen molar-refractivity contribution in [2.75, 3.05) is 0 Å². The fraction of sp³-hybridized carbons (Fsp3) is 0.0952. The van der Waals surface area contributed by atoms with Gasteiger partial charge in [-0.3, -0.25) is 4.79 Å². The minimum atomic E-state index is -0.833. The van der Waals surface area contributed by atoms with E-state index in [1.165, 1.54) is 5.56 Å². The summed E-state index contributed by atoms with van der Waals surface area (Å²) in [5, 5.41) is 24.5. The summed E-state index contributed by atoms with van der Waals surface area (Å²) in [4.78, 5) is 9.00. The van der Waals surface area contributed by atoms with Crippen molar-refractivity contribution in [2.45, 2.75) is 13.8 Å². The Morgan fingerprint density at radius 2 is 1.33 bits per heavy atom. The van der Waals surface area contributed by atoms with Crippen molar-refractivity contribution in [3.63, 3.8) is 0 Å². The molecule has 2 N–H and O–H groups in total. The van der Waals surface area contributed by atoms with Crippen molar-refractivity contribution >= 4 is 38.3 Å². The van der Waals surface area contributed by atoms with E-state index in [0.717, 1.165) is 39.2 Å². The maximum atomic E-state index is 10.7. The molecule has 0 unspecified atom stereocenters. The number of phenolic OH excluding ortho intramolecular Hbond substituents is 1. The van der Waals surface area contributed by atoms with Crippen molar-refractivity contribution in [1.82, 2.24) is 0 Å². The molecule has 4 aromatic carbocycles. The second kappa shape index (κ2) is 6.20. The third-order valence-corrected chi connectivity index (χ3v) is 4.16. The number of benzene rings is 4. The Bertz CT molecular complexity index is 1060. The van der Waals surface area contributed by atoms with Crippen molar-refractivity contribution in [3.8, 4) is 5.75 Å². The number of hydrogen-bond donors (Lipinski definition) is 2. The van der Waals surface area contributed by atoms with Crippen LogP contribution in [0.5, 0.6) is 5.75 Å². The topological polar surface area (TPSA) is 57.5 Å². The average Bonchev–Trinajstić information content (AvgIpc) is 2.58. The van der Waals surface area contributed by atoms with Crippen LogP contribution in [0.2, 0.25) is 0 Å². The Morgan fingerprint density at radius 1 is 0.792 bits per heavy atom. The molecule has 0 saturated heterocycles. The van der Waals surface area contributed by atoms with Gasteiger partial charge in [-0.1, -0.05) is 60.7 Å². The highest BCUT2D eigenvalue weighted by atomic mass is 16.4. The first-order valence-corrected chi connectivity index (χ1v) is 7.72. The standard InChI is InChI=1S/C19H14O.C2H4O2/c1-12-14-7-4-5-9-17(14)19(20)18-15(12)11-10-13-6-2-3-8-16(13)18;1-2(3)4/h2-11,20H,1H3;1H3,(H,3,4). The van der Waals surface area contributed by atoms with Crippen LogP contribution >= 0.6 is 0 Å². The Kier molecular flexibility index (Phi) is 4.09. The van der Waals surface area contributed by atoms with Crippen LogP contribution in [-0.4, -0.2) is 16.2 Å².